The molecule has 2 heterocycles. The third-order valence-corrected chi connectivity index (χ3v) is 6.57. The first kappa shape index (κ1) is 22.9. The van der Waals surface area contributed by atoms with Gasteiger partial charge < -0.3 is 24.1 Å². The monoisotopic (exact) mass is 478 g/mol. The highest BCUT2D eigenvalue weighted by molar-refractivity contribution is 6.31. The molecule has 1 aromatic heterocycles. The molecule has 0 radical (unpaired) electrons. The molecule has 0 amide bonds. The third kappa shape index (κ3) is 5.29. The van der Waals surface area contributed by atoms with Crippen molar-refractivity contribution in [1.82, 2.24) is 0 Å². The molecule has 3 atom stereocenters. The molecule has 34 heavy (non-hydrogen) atoms. The van der Waals surface area contributed by atoms with Gasteiger partial charge in [-0.3, -0.25) is 0 Å². The van der Waals surface area contributed by atoms with Crippen molar-refractivity contribution in [1.29, 1.82) is 0 Å². The van der Waals surface area contributed by atoms with Crippen molar-refractivity contribution < 1.29 is 24.1 Å². The minimum absolute atomic E-state index is 0.0984. The van der Waals surface area contributed by atoms with Crippen LogP contribution in [0.15, 0.2) is 77.2 Å². The maximum Gasteiger partial charge on any atom is 0.146 e. The minimum atomic E-state index is -0.484. The van der Waals surface area contributed by atoms with Crippen LogP contribution in [0.1, 0.15) is 41.4 Å². The number of aliphatic hydroxyl groups is 2. The fraction of sp³-hybridized carbons (Fsp3) is 0.286. The minimum Gasteiger partial charge on any atom is -0.486 e. The summed E-state index contributed by atoms with van der Waals surface area (Å²) in [5, 5.41) is 21.3. The van der Waals surface area contributed by atoms with E-state index in [0.717, 1.165) is 39.2 Å². The number of hydrogen-bond donors (Lipinski definition) is 2. The fourth-order valence-corrected chi connectivity index (χ4v) is 4.62. The molecule has 0 unspecified atom stereocenters. The van der Waals surface area contributed by atoms with Crippen LogP contribution in [-0.2, 0) is 17.8 Å². The van der Waals surface area contributed by atoms with Crippen molar-refractivity contribution in [2.45, 2.75) is 44.2 Å². The van der Waals surface area contributed by atoms with Gasteiger partial charge in [-0.25, -0.2) is 0 Å². The molecule has 0 bridgehead atoms. The lowest BCUT2D eigenvalue weighted by molar-refractivity contribution is -0.113. The van der Waals surface area contributed by atoms with Crippen molar-refractivity contribution in [3.8, 4) is 5.75 Å². The van der Waals surface area contributed by atoms with Gasteiger partial charge in [0, 0.05) is 23.3 Å². The Balaban J connectivity index is 1.24. The number of fused-ring (bicyclic) bond motifs is 1. The van der Waals surface area contributed by atoms with Gasteiger partial charge in [-0.1, -0.05) is 54.1 Å². The number of rotatable bonds is 7. The van der Waals surface area contributed by atoms with E-state index in [1.54, 1.807) is 0 Å². The predicted octanol–water partition coefficient (Wildman–Crippen LogP) is 5.83. The molecule has 5 nitrogen and oxygen atoms in total. The van der Waals surface area contributed by atoms with Gasteiger partial charge in [-0.15, -0.1) is 0 Å². The normalized spacial score (nSPS) is 20.5. The molecule has 4 aromatic rings. The van der Waals surface area contributed by atoms with Crippen LogP contribution in [0.3, 0.4) is 0 Å². The maximum atomic E-state index is 10.1. The number of para-hydroxylation sites is 1. The van der Waals surface area contributed by atoms with Gasteiger partial charge in [-0.2, -0.15) is 0 Å². The van der Waals surface area contributed by atoms with Gasteiger partial charge in [0.15, 0.2) is 0 Å². The third-order valence-electron chi connectivity index (χ3n) is 6.20. The Morgan fingerprint density at radius 3 is 2.59 bits per heavy atom. The van der Waals surface area contributed by atoms with Gasteiger partial charge in [0.2, 0.25) is 0 Å². The van der Waals surface area contributed by atoms with E-state index in [9.17, 15) is 10.2 Å². The zero-order valence-corrected chi connectivity index (χ0v) is 19.4. The molecule has 3 aromatic carbocycles. The van der Waals surface area contributed by atoms with Gasteiger partial charge in [0.1, 0.15) is 23.7 Å². The summed E-state index contributed by atoms with van der Waals surface area (Å²) >= 11 is 6.49. The van der Waals surface area contributed by atoms with E-state index < -0.39 is 6.10 Å². The molecule has 1 aliphatic rings. The summed E-state index contributed by atoms with van der Waals surface area (Å²) in [4.78, 5) is 0. The van der Waals surface area contributed by atoms with Gasteiger partial charge in [-0.05, 0) is 53.4 Å². The van der Waals surface area contributed by atoms with E-state index in [4.69, 9.17) is 25.5 Å². The number of furan rings is 1. The van der Waals surface area contributed by atoms with E-state index in [1.807, 2.05) is 72.8 Å². The smallest absolute Gasteiger partial charge is 0.146 e. The maximum absolute atomic E-state index is 10.1. The highest BCUT2D eigenvalue weighted by atomic mass is 35.5. The molecule has 0 aliphatic carbocycles. The van der Waals surface area contributed by atoms with Crippen LogP contribution in [0.5, 0.6) is 5.75 Å². The largest absolute Gasteiger partial charge is 0.486 e. The predicted molar refractivity (Wildman–Crippen MR) is 131 cm³/mol. The number of hydrogen-bond acceptors (Lipinski definition) is 5. The molecule has 1 fully saturated rings. The van der Waals surface area contributed by atoms with Crippen molar-refractivity contribution in [2.24, 2.45) is 0 Å². The van der Waals surface area contributed by atoms with Gasteiger partial charge in [0.05, 0.1) is 24.9 Å². The Morgan fingerprint density at radius 1 is 0.971 bits per heavy atom. The summed E-state index contributed by atoms with van der Waals surface area (Å²) in [5.74, 6) is 1.55. The average Bonchev–Trinajstić information content (AvgIpc) is 3.27. The van der Waals surface area contributed by atoms with Crippen LogP contribution in [0.25, 0.3) is 11.0 Å². The fourth-order valence-electron chi connectivity index (χ4n) is 4.44. The lowest BCUT2D eigenvalue weighted by Gasteiger charge is -2.32. The Hall–Kier alpha value is -2.83. The lowest BCUT2D eigenvalue weighted by Crippen LogP contribution is -2.33. The second kappa shape index (κ2) is 10.2. The Labute approximate surface area is 203 Å². The quantitative estimate of drug-likeness (QED) is 0.349. The molecule has 2 N–H and O–H groups in total. The van der Waals surface area contributed by atoms with E-state index in [1.165, 1.54) is 0 Å². The van der Waals surface area contributed by atoms with Crippen LogP contribution >= 0.6 is 11.6 Å². The number of benzene rings is 3. The lowest BCUT2D eigenvalue weighted by atomic mass is 9.94. The Morgan fingerprint density at radius 2 is 1.79 bits per heavy atom. The van der Waals surface area contributed by atoms with Crippen molar-refractivity contribution in [3.63, 3.8) is 0 Å². The first-order valence-electron chi connectivity index (χ1n) is 11.5. The average molecular weight is 479 g/mol. The van der Waals surface area contributed by atoms with Crippen LogP contribution in [0.2, 0.25) is 5.02 Å². The molecular weight excluding hydrogens is 452 g/mol. The summed E-state index contributed by atoms with van der Waals surface area (Å²) < 4.78 is 17.7. The number of ether oxygens (including phenoxy) is 2. The SMILES string of the molecule is OC[C@@H]1C[C@H](O)C[C@H](c2ccc(Cl)c(Cc3ccc(OCc4cc5ccccc5o4)cc3)c2)O1. The molecule has 6 heteroatoms. The van der Waals surface area contributed by atoms with Crippen LogP contribution in [0.4, 0.5) is 0 Å². The molecule has 176 valence electrons. The van der Waals surface area contributed by atoms with E-state index >= 15 is 0 Å². The molecule has 1 aliphatic heterocycles. The van der Waals surface area contributed by atoms with Crippen LogP contribution < -0.4 is 4.74 Å². The standard InChI is InChI=1S/C28H27ClO5/c29-26-10-7-20(28-15-22(31)14-24(16-30)33-28)12-21(26)11-18-5-8-23(9-6-18)32-17-25-13-19-3-1-2-4-27(19)34-25/h1-10,12-13,22,24,28,30-31H,11,14-17H2/t22-,24-,28+/m0/s1. The zero-order chi connectivity index (χ0) is 23.5. The molecule has 5 rings (SSSR count). The molecule has 1 saturated heterocycles. The summed E-state index contributed by atoms with van der Waals surface area (Å²) in [6, 6.07) is 23.7. The van der Waals surface area contributed by atoms with Gasteiger partial charge >= 0.3 is 0 Å². The Bertz CT molecular complexity index is 1220. The topological polar surface area (TPSA) is 72.1 Å². The summed E-state index contributed by atoms with van der Waals surface area (Å²) in [6.45, 7) is 0.267. The molecular formula is C28H27ClO5. The first-order valence-corrected chi connectivity index (χ1v) is 11.9. The first-order chi connectivity index (χ1) is 16.6. The van der Waals surface area contributed by atoms with Crippen LogP contribution in [0, 0.1) is 0 Å². The molecule has 0 spiro atoms. The summed E-state index contributed by atoms with van der Waals surface area (Å²) in [7, 11) is 0. The van der Waals surface area contributed by atoms with Crippen molar-refractivity contribution >= 4 is 22.6 Å². The van der Waals surface area contributed by atoms with E-state index in [-0.39, 0.29) is 18.8 Å². The second-order valence-electron chi connectivity index (χ2n) is 8.77. The Kier molecular flexibility index (Phi) is 6.88. The highest BCUT2D eigenvalue weighted by Gasteiger charge is 2.29. The van der Waals surface area contributed by atoms with Crippen molar-refractivity contribution in [3.05, 3.63) is 100 Å². The summed E-state index contributed by atoms with van der Waals surface area (Å²) in [5.41, 5.74) is 3.91. The van der Waals surface area contributed by atoms with E-state index in [2.05, 4.69) is 0 Å². The zero-order valence-electron chi connectivity index (χ0n) is 18.7. The van der Waals surface area contributed by atoms with Crippen molar-refractivity contribution in [2.75, 3.05) is 6.61 Å². The van der Waals surface area contributed by atoms with Gasteiger partial charge in [0.25, 0.3) is 0 Å². The summed E-state index contributed by atoms with van der Waals surface area (Å²) in [6.07, 6.45) is 0.538. The van der Waals surface area contributed by atoms with E-state index in [0.29, 0.717) is 30.9 Å². The number of halogens is 1. The van der Waals surface area contributed by atoms with Crippen LogP contribution in [-0.4, -0.2) is 29.0 Å². The highest BCUT2D eigenvalue weighted by Crippen LogP contribution is 2.34. The number of aliphatic hydroxyl groups excluding tert-OH is 2. The molecule has 0 saturated carbocycles. The second-order valence-corrected chi connectivity index (χ2v) is 9.17.